The van der Waals surface area contributed by atoms with Gasteiger partial charge in [0.05, 0.1) is 11.4 Å². The molecule has 1 aliphatic carbocycles. The van der Waals surface area contributed by atoms with Crippen molar-refractivity contribution in [3.63, 3.8) is 0 Å². The van der Waals surface area contributed by atoms with Crippen molar-refractivity contribution in [3.05, 3.63) is 23.0 Å². The molecule has 0 aromatic carbocycles. The fourth-order valence-corrected chi connectivity index (χ4v) is 3.02. The minimum Gasteiger partial charge on any atom is -0.478 e. The van der Waals surface area contributed by atoms with E-state index in [9.17, 15) is 9.90 Å². The molecular formula is C15H22N2O2. The third-order valence-corrected chi connectivity index (χ3v) is 4.02. The first-order valence-corrected chi connectivity index (χ1v) is 6.95. The van der Waals surface area contributed by atoms with Crippen LogP contribution in [-0.4, -0.2) is 29.1 Å². The van der Waals surface area contributed by atoms with E-state index in [0.29, 0.717) is 17.3 Å². The Morgan fingerprint density at radius 1 is 1.32 bits per heavy atom. The molecule has 0 atom stereocenters. The van der Waals surface area contributed by atoms with Gasteiger partial charge in [0.2, 0.25) is 0 Å². The second kappa shape index (κ2) is 5.59. The van der Waals surface area contributed by atoms with Crippen LogP contribution in [0.2, 0.25) is 0 Å². The summed E-state index contributed by atoms with van der Waals surface area (Å²) < 4.78 is 0. The van der Waals surface area contributed by atoms with E-state index in [4.69, 9.17) is 0 Å². The van der Waals surface area contributed by atoms with Crippen molar-refractivity contribution in [1.29, 1.82) is 0 Å². The van der Waals surface area contributed by atoms with Gasteiger partial charge in [0.15, 0.2) is 0 Å². The summed E-state index contributed by atoms with van der Waals surface area (Å²) in [6.07, 6.45) is 6.07. The number of hydrogen-bond donors (Lipinski definition) is 1. The molecule has 0 spiro atoms. The molecule has 1 saturated carbocycles. The zero-order valence-corrected chi connectivity index (χ0v) is 11.9. The van der Waals surface area contributed by atoms with Gasteiger partial charge in [-0.25, -0.2) is 4.79 Å². The highest BCUT2D eigenvalue weighted by molar-refractivity contribution is 5.95. The molecule has 1 fully saturated rings. The Kier molecular flexibility index (Phi) is 4.08. The minimum absolute atomic E-state index is 0.346. The summed E-state index contributed by atoms with van der Waals surface area (Å²) in [5.41, 5.74) is 2.63. The summed E-state index contributed by atoms with van der Waals surface area (Å²) in [5.74, 6) is -0.886. The lowest BCUT2D eigenvalue weighted by Crippen LogP contribution is -2.34. The van der Waals surface area contributed by atoms with E-state index in [2.05, 4.69) is 9.88 Å². The van der Waals surface area contributed by atoms with Crippen LogP contribution < -0.4 is 4.90 Å². The van der Waals surface area contributed by atoms with Crippen LogP contribution in [0.4, 0.5) is 5.69 Å². The van der Waals surface area contributed by atoms with E-state index in [-0.39, 0.29) is 0 Å². The first-order chi connectivity index (χ1) is 9.00. The van der Waals surface area contributed by atoms with Crippen LogP contribution in [-0.2, 0) is 0 Å². The molecule has 0 saturated heterocycles. The van der Waals surface area contributed by atoms with Crippen molar-refractivity contribution in [2.24, 2.45) is 0 Å². The SMILES string of the molecule is Cc1cc(N(C)C2CCCCC2)c(C(=O)O)c(C)n1. The Morgan fingerprint density at radius 2 is 1.95 bits per heavy atom. The predicted octanol–water partition coefficient (Wildman–Crippen LogP) is 3.17. The molecule has 0 bridgehead atoms. The van der Waals surface area contributed by atoms with Crippen molar-refractivity contribution in [1.82, 2.24) is 4.98 Å². The molecule has 1 heterocycles. The third-order valence-electron chi connectivity index (χ3n) is 4.02. The second-order valence-corrected chi connectivity index (χ2v) is 5.45. The van der Waals surface area contributed by atoms with Gasteiger partial charge in [-0.15, -0.1) is 0 Å². The Bertz CT molecular complexity index is 479. The molecule has 1 aromatic rings. The molecular weight excluding hydrogens is 240 g/mol. The van der Waals surface area contributed by atoms with Gasteiger partial charge < -0.3 is 10.0 Å². The lowest BCUT2D eigenvalue weighted by Gasteiger charge is -2.34. The Balaban J connectivity index is 2.39. The topological polar surface area (TPSA) is 53.4 Å². The van der Waals surface area contributed by atoms with E-state index in [1.165, 1.54) is 19.3 Å². The summed E-state index contributed by atoms with van der Waals surface area (Å²) >= 11 is 0. The number of aromatic nitrogens is 1. The van der Waals surface area contributed by atoms with Gasteiger partial charge in [0, 0.05) is 18.8 Å². The van der Waals surface area contributed by atoms with Crippen molar-refractivity contribution in [2.75, 3.05) is 11.9 Å². The maximum Gasteiger partial charge on any atom is 0.339 e. The number of pyridine rings is 1. The number of aromatic carboxylic acids is 1. The maximum atomic E-state index is 11.5. The molecule has 0 amide bonds. The summed E-state index contributed by atoms with van der Waals surface area (Å²) in [7, 11) is 2.01. The van der Waals surface area contributed by atoms with Gasteiger partial charge in [-0.05, 0) is 32.8 Å². The van der Waals surface area contributed by atoms with Crippen LogP contribution in [0.15, 0.2) is 6.07 Å². The molecule has 1 N–H and O–H groups in total. The maximum absolute atomic E-state index is 11.5. The molecule has 1 aliphatic rings. The van der Waals surface area contributed by atoms with Crippen LogP contribution in [0, 0.1) is 13.8 Å². The average molecular weight is 262 g/mol. The first kappa shape index (κ1) is 13.8. The van der Waals surface area contributed by atoms with E-state index in [1.807, 2.05) is 20.0 Å². The number of rotatable bonds is 3. The van der Waals surface area contributed by atoms with Crippen LogP contribution in [0.3, 0.4) is 0 Å². The normalized spacial score (nSPS) is 16.4. The molecule has 4 heteroatoms. The second-order valence-electron chi connectivity index (χ2n) is 5.45. The summed E-state index contributed by atoms with van der Waals surface area (Å²) in [6.45, 7) is 3.69. The summed E-state index contributed by atoms with van der Waals surface area (Å²) in [6, 6.07) is 2.35. The Labute approximate surface area is 114 Å². The highest BCUT2D eigenvalue weighted by Gasteiger charge is 2.24. The fourth-order valence-electron chi connectivity index (χ4n) is 3.02. The van der Waals surface area contributed by atoms with Gasteiger partial charge in [-0.2, -0.15) is 0 Å². The molecule has 19 heavy (non-hydrogen) atoms. The lowest BCUT2D eigenvalue weighted by atomic mass is 9.93. The van der Waals surface area contributed by atoms with Crippen LogP contribution in [0.5, 0.6) is 0 Å². The number of carboxylic acids is 1. The smallest absolute Gasteiger partial charge is 0.339 e. The van der Waals surface area contributed by atoms with Crippen molar-refractivity contribution in [3.8, 4) is 0 Å². The minimum atomic E-state index is -0.886. The van der Waals surface area contributed by atoms with E-state index in [1.54, 1.807) is 6.92 Å². The first-order valence-electron chi connectivity index (χ1n) is 6.95. The predicted molar refractivity (Wildman–Crippen MR) is 75.9 cm³/mol. The molecule has 0 aliphatic heterocycles. The quantitative estimate of drug-likeness (QED) is 0.909. The van der Waals surface area contributed by atoms with Gasteiger partial charge in [0.1, 0.15) is 5.56 Å². The molecule has 4 nitrogen and oxygen atoms in total. The lowest BCUT2D eigenvalue weighted by molar-refractivity contribution is 0.0696. The Morgan fingerprint density at radius 3 is 2.53 bits per heavy atom. The summed E-state index contributed by atoms with van der Waals surface area (Å²) in [5, 5.41) is 9.42. The molecule has 1 aromatic heterocycles. The van der Waals surface area contributed by atoms with Crippen molar-refractivity contribution < 1.29 is 9.90 Å². The van der Waals surface area contributed by atoms with Crippen LogP contribution in [0.25, 0.3) is 0 Å². The number of aryl methyl sites for hydroxylation is 2. The van der Waals surface area contributed by atoms with E-state index >= 15 is 0 Å². The van der Waals surface area contributed by atoms with Crippen molar-refractivity contribution >= 4 is 11.7 Å². The zero-order chi connectivity index (χ0) is 14.0. The molecule has 104 valence electrons. The number of carbonyl (C=O) groups is 1. The van der Waals surface area contributed by atoms with Crippen LogP contribution in [0.1, 0.15) is 53.8 Å². The highest BCUT2D eigenvalue weighted by atomic mass is 16.4. The van der Waals surface area contributed by atoms with Crippen molar-refractivity contribution in [2.45, 2.75) is 52.0 Å². The third kappa shape index (κ3) is 2.88. The highest BCUT2D eigenvalue weighted by Crippen LogP contribution is 2.30. The largest absolute Gasteiger partial charge is 0.478 e. The van der Waals surface area contributed by atoms with E-state index in [0.717, 1.165) is 24.2 Å². The summed E-state index contributed by atoms with van der Waals surface area (Å²) in [4.78, 5) is 17.9. The fraction of sp³-hybridized carbons (Fsp3) is 0.600. The standard InChI is InChI=1S/C15H22N2O2/c1-10-9-13(14(15(18)19)11(2)16-10)17(3)12-7-5-4-6-8-12/h9,12H,4-8H2,1-3H3,(H,18,19). The number of hydrogen-bond acceptors (Lipinski definition) is 3. The van der Waals surface area contributed by atoms with Gasteiger partial charge in [-0.3, -0.25) is 4.98 Å². The number of anilines is 1. The monoisotopic (exact) mass is 262 g/mol. The van der Waals surface area contributed by atoms with Gasteiger partial charge >= 0.3 is 5.97 Å². The number of nitrogens with zero attached hydrogens (tertiary/aromatic N) is 2. The van der Waals surface area contributed by atoms with Gasteiger partial charge in [0.25, 0.3) is 0 Å². The molecule has 2 rings (SSSR count). The zero-order valence-electron chi connectivity index (χ0n) is 11.9. The Hall–Kier alpha value is -1.58. The van der Waals surface area contributed by atoms with Gasteiger partial charge in [-0.1, -0.05) is 19.3 Å². The molecule has 0 unspecified atom stereocenters. The van der Waals surface area contributed by atoms with E-state index < -0.39 is 5.97 Å². The average Bonchev–Trinajstić information content (AvgIpc) is 2.37. The number of carboxylic acid groups (broad SMARTS) is 1. The van der Waals surface area contributed by atoms with Crippen LogP contribution >= 0.6 is 0 Å². The molecule has 0 radical (unpaired) electrons.